The Bertz CT molecular complexity index is 1270. The fourth-order valence-electron chi connectivity index (χ4n) is 4.07. The number of ether oxygens (including phenoxy) is 2. The molecule has 0 bridgehead atoms. The number of hydrogen-bond donors (Lipinski definition) is 1. The number of benzene rings is 3. The van der Waals surface area contributed by atoms with Crippen LogP contribution in [-0.2, 0) is 4.74 Å². The van der Waals surface area contributed by atoms with Crippen molar-refractivity contribution in [1.82, 2.24) is 15.1 Å². The molecule has 3 aromatic rings. The maximum atomic E-state index is 13.8. The van der Waals surface area contributed by atoms with Gasteiger partial charge in [0.2, 0.25) is 0 Å². The molecule has 8 nitrogen and oxygen atoms in total. The van der Waals surface area contributed by atoms with E-state index in [1.165, 1.54) is 0 Å². The topological polar surface area (TPSA) is 88.2 Å². The van der Waals surface area contributed by atoms with E-state index in [0.717, 1.165) is 22.4 Å². The van der Waals surface area contributed by atoms with Crippen molar-refractivity contribution in [3.63, 3.8) is 0 Å². The third-order valence-corrected chi connectivity index (χ3v) is 5.90. The Morgan fingerprint density at radius 3 is 2.39 bits per heavy atom. The molecule has 36 heavy (non-hydrogen) atoms. The van der Waals surface area contributed by atoms with Crippen LogP contribution in [0.15, 0.2) is 42.5 Å². The molecule has 0 aliphatic carbocycles. The van der Waals surface area contributed by atoms with Crippen LogP contribution in [0.25, 0.3) is 21.5 Å². The molecule has 0 aromatic heterocycles. The van der Waals surface area contributed by atoms with Crippen molar-refractivity contribution in [3.05, 3.63) is 53.6 Å². The van der Waals surface area contributed by atoms with E-state index in [9.17, 15) is 14.4 Å². The zero-order valence-electron chi connectivity index (χ0n) is 21.9. The number of methoxy groups -OCH3 is 1. The molecule has 2 amide bonds. The van der Waals surface area contributed by atoms with Gasteiger partial charge in [0.1, 0.15) is 11.4 Å². The van der Waals surface area contributed by atoms with Crippen molar-refractivity contribution in [3.8, 4) is 5.75 Å². The second-order valence-corrected chi connectivity index (χ2v) is 9.83. The molecule has 0 fully saturated rings. The van der Waals surface area contributed by atoms with Crippen molar-refractivity contribution in [2.24, 2.45) is 0 Å². The molecule has 192 valence electrons. The van der Waals surface area contributed by atoms with Gasteiger partial charge in [-0.15, -0.1) is 0 Å². The standard InChI is InChI=1S/C28H35N3O5/c1-28(2,3)36-27(34)29-13-14-30(4)15-16-31(5)26(33)25-21-10-8-7-9-19(21)17-22-23(35-6)12-11-20(18-32)24(22)25/h7-12,17-18H,13-16H2,1-6H3,(H,29,34). The Kier molecular flexibility index (Phi) is 8.53. The van der Waals surface area contributed by atoms with E-state index in [2.05, 4.69) is 5.32 Å². The van der Waals surface area contributed by atoms with E-state index in [4.69, 9.17) is 9.47 Å². The van der Waals surface area contributed by atoms with Gasteiger partial charge < -0.3 is 24.6 Å². The van der Waals surface area contributed by atoms with E-state index in [0.29, 0.717) is 48.4 Å². The van der Waals surface area contributed by atoms with Gasteiger partial charge in [0, 0.05) is 49.6 Å². The molecular formula is C28H35N3O5. The third kappa shape index (κ3) is 6.31. The molecule has 0 saturated heterocycles. The summed E-state index contributed by atoms with van der Waals surface area (Å²) < 4.78 is 10.8. The van der Waals surface area contributed by atoms with E-state index in [1.807, 2.05) is 63.1 Å². The number of carbonyl (C=O) groups excluding carboxylic acids is 3. The number of amides is 2. The minimum Gasteiger partial charge on any atom is -0.496 e. The number of nitrogens with one attached hydrogen (secondary N) is 1. The van der Waals surface area contributed by atoms with Gasteiger partial charge >= 0.3 is 6.09 Å². The van der Waals surface area contributed by atoms with Crippen LogP contribution in [0.3, 0.4) is 0 Å². The average Bonchev–Trinajstić information content (AvgIpc) is 2.83. The second-order valence-electron chi connectivity index (χ2n) is 9.83. The molecule has 0 unspecified atom stereocenters. The molecule has 0 atom stereocenters. The molecule has 3 aromatic carbocycles. The third-order valence-electron chi connectivity index (χ3n) is 5.90. The van der Waals surface area contributed by atoms with Crippen LogP contribution in [0.1, 0.15) is 41.5 Å². The largest absolute Gasteiger partial charge is 0.496 e. The van der Waals surface area contributed by atoms with Crippen molar-refractivity contribution in [2.75, 3.05) is 47.4 Å². The number of nitrogens with zero attached hydrogens (tertiary/aromatic N) is 2. The summed E-state index contributed by atoms with van der Waals surface area (Å²) in [6, 6.07) is 13.0. The Morgan fingerprint density at radius 2 is 1.72 bits per heavy atom. The normalized spacial score (nSPS) is 11.5. The lowest BCUT2D eigenvalue weighted by atomic mass is 9.92. The number of rotatable bonds is 9. The highest BCUT2D eigenvalue weighted by atomic mass is 16.6. The molecule has 8 heteroatoms. The summed E-state index contributed by atoms with van der Waals surface area (Å²) in [6.45, 7) is 7.55. The van der Waals surface area contributed by atoms with Gasteiger partial charge in [0.05, 0.1) is 12.7 Å². The number of hydrogen-bond acceptors (Lipinski definition) is 6. The highest BCUT2D eigenvalue weighted by molar-refractivity contribution is 6.22. The fraction of sp³-hybridized carbons (Fsp3) is 0.393. The molecule has 0 radical (unpaired) electrons. The predicted molar refractivity (Wildman–Crippen MR) is 142 cm³/mol. The summed E-state index contributed by atoms with van der Waals surface area (Å²) in [5, 5.41) is 5.74. The quantitative estimate of drug-likeness (QED) is 0.352. The molecule has 3 rings (SSSR count). The monoisotopic (exact) mass is 493 g/mol. The van der Waals surface area contributed by atoms with Crippen molar-refractivity contribution in [2.45, 2.75) is 26.4 Å². The first-order valence-electron chi connectivity index (χ1n) is 11.9. The van der Waals surface area contributed by atoms with Gasteiger partial charge in [-0.05, 0) is 56.8 Å². The summed E-state index contributed by atoms with van der Waals surface area (Å²) in [7, 11) is 5.26. The van der Waals surface area contributed by atoms with Crippen molar-refractivity contribution < 1.29 is 23.9 Å². The first-order valence-corrected chi connectivity index (χ1v) is 11.9. The molecule has 0 spiro atoms. The fourth-order valence-corrected chi connectivity index (χ4v) is 4.07. The number of aldehydes is 1. The first kappa shape index (κ1) is 26.9. The summed E-state index contributed by atoms with van der Waals surface area (Å²) in [6.07, 6.45) is 0.325. The van der Waals surface area contributed by atoms with Gasteiger partial charge in [0.25, 0.3) is 5.91 Å². The smallest absolute Gasteiger partial charge is 0.407 e. The number of likely N-dealkylation sites (N-methyl/N-ethyl adjacent to an activating group) is 2. The maximum Gasteiger partial charge on any atom is 0.407 e. The van der Waals surface area contributed by atoms with Crippen LogP contribution in [0.2, 0.25) is 0 Å². The highest BCUT2D eigenvalue weighted by Crippen LogP contribution is 2.36. The maximum absolute atomic E-state index is 13.8. The van der Waals surface area contributed by atoms with Gasteiger partial charge in [-0.2, -0.15) is 0 Å². The van der Waals surface area contributed by atoms with E-state index >= 15 is 0 Å². The van der Waals surface area contributed by atoms with Crippen molar-refractivity contribution >= 4 is 39.8 Å². The summed E-state index contributed by atoms with van der Waals surface area (Å²) >= 11 is 0. The molecule has 0 heterocycles. The Hall–Kier alpha value is -3.65. The van der Waals surface area contributed by atoms with Crippen molar-refractivity contribution in [1.29, 1.82) is 0 Å². The molecule has 0 aliphatic rings. The van der Waals surface area contributed by atoms with Crippen LogP contribution in [0.5, 0.6) is 5.75 Å². The number of fused-ring (bicyclic) bond motifs is 2. The molecule has 1 N–H and O–H groups in total. The Balaban J connectivity index is 1.79. The summed E-state index contributed by atoms with van der Waals surface area (Å²) in [5.74, 6) is 0.434. The van der Waals surface area contributed by atoms with E-state index < -0.39 is 11.7 Å². The summed E-state index contributed by atoms with van der Waals surface area (Å²) in [5.41, 5.74) is 0.387. The van der Waals surface area contributed by atoms with E-state index in [1.54, 1.807) is 31.2 Å². The number of carbonyl (C=O) groups is 3. The Morgan fingerprint density at radius 1 is 1.00 bits per heavy atom. The SMILES string of the molecule is COc1ccc(C=O)c2c(C(=O)N(C)CCN(C)CCNC(=O)OC(C)(C)C)c3ccccc3cc12. The van der Waals surface area contributed by atoms with Crippen LogP contribution in [0, 0.1) is 0 Å². The molecule has 0 aliphatic heterocycles. The van der Waals surface area contributed by atoms with Gasteiger partial charge in [-0.3, -0.25) is 9.59 Å². The van der Waals surface area contributed by atoms with Gasteiger partial charge in [0.15, 0.2) is 6.29 Å². The zero-order valence-corrected chi connectivity index (χ0v) is 21.9. The van der Waals surface area contributed by atoms with Crippen LogP contribution in [0.4, 0.5) is 4.79 Å². The zero-order chi connectivity index (χ0) is 26.5. The highest BCUT2D eigenvalue weighted by Gasteiger charge is 2.22. The first-order chi connectivity index (χ1) is 17.1. The minimum atomic E-state index is -0.543. The van der Waals surface area contributed by atoms with Gasteiger partial charge in [-0.1, -0.05) is 24.3 Å². The van der Waals surface area contributed by atoms with Crippen LogP contribution in [-0.4, -0.2) is 81.1 Å². The molecular weight excluding hydrogens is 458 g/mol. The number of alkyl carbamates (subject to hydrolysis) is 1. The van der Waals surface area contributed by atoms with Crippen LogP contribution < -0.4 is 10.1 Å². The lowest BCUT2D eigenvalue weighted by Gasteiger charge is -2.24. The lowest BCUT2D eigenvalue weighted by molar-refractivity contribution is 0.0523. The van der Waals surface area contributed by atoms with E-state index in [-0.39, 0.29) is 5.91 Å². The lowest BCUT2D eigenvalue weighted by Crippen LogP contribution is -2.39. The average molecular weight is 494 g/mol. The summed E-state index contributed by atoms with van der Waals surface area (Å²) in [4.78, 5) is 41.2. The van der Waals surface area contributed by atoms with Crippen LogP contribution >= 0.6 is 0 Å². The van der Waals surface area contributed by atoms with Gasteiger partial charge in [-0.25, -0.2) is 4.79 Å². The molecule has 0 saturated carbocycles. The second kappa shape index (κ2) is 11.4. The Labute approximate surface area is 212 Å². The minimum absolute atomic E-state index is 0.173. The predicted octanol–water partition coefficient (Wildman–Crippen LogP) is 4.34.